The molecule has 0 atom stereocenters. The van der Waals surface area contributed by atoms with E-state index in [1.54, 1.807) is 6.20 Å². The van der Waals surface area contributed by atoms with E-state index in [4.69, 9.17) is 4.42 Å². The highest BCUT2D eigenvalue weighted by atomic mass is 32.2. The number of hydrogen-bond donors (Lipinski definition) is 1. The normalized spacial score (nSPS) is 11.2. The van der Waals surface area contributed by atoms with Crippen LogP contribution in [0.15, 0.2) is 52.4 Å². The first-order valence-electron chi connectivity index (χ1n) is 7.65. The number of benzene rings is 1. The molecule has 0 amide bonds. The maximum Gasteiger partial charge on any atom is 0.277 e. The van der Waals surface area contributed by atoms with Gasteiger partial charge in [-0.25, -0.2) is 0 Å². The van der Waals surface area contributed by atoms with Gasteiger partial charge in [0.2, 0.25) is 5.89 Å². The van der Waals surface area contributed by atoms with Crippen molar-refractivity contribution in [1.29, 1.82) is 0 Å². The van der Waals surface area contributed by atoms with Gasteiger partial charge in [0.1, 0.15) is 0 Å². The number of aryl methyl sites for hydroxylation is 2. The van der Waals surface area contributed by atoms with E-state index in [9.17, 15) is 0 Å². The van der Waals surface area contributed by atoms with Gasteiger partial charge in [0.05, 0.1) is 0 Å². The molecular formula is C18H16N4OS. The topological polar surface area (TPSA) is 67.6 Å². The molecule has 5 nitrogen and oxygen atoms in total. The first kappa shape index (κ1) is 15.0. The van der Waals surface area contributed by atoms with Crippen LogP contribution in [-0.4, -0.2) is 20.2 Å². The van der Waals surface area contributed by atoms with E-state index in [1.807, 2.05) is 24.4 Å². The fraction of sp³-hybridized carbons (Fsp3) is 0.167. The maximum absolute atomic E-state index is 5.80. The Balaban J connectivity index is 1.57. The molecule has 3 heterocycles. The lowest BCUT2D eigenvalue weighted by molar-refractivity contribution is 0.466. The third-order valence-electron chi connectivity index (χ3n) is 4.05. The summed E-state index contributed by atoms with van der Waals surface area (Å²) in [6, 6.07) is 10.1. The van der Waals surface area contributed by atoms with Crippen LogP contribution in [0.5, 0.6) is 0 Å². The van der Waals surface area contributed by atoms with Crippen molar-refractivity contribution in [2.75, 3.05) is 0 Å². The molecule has 1 aromatic carbocycles. The minimum Gasteiger partial charge on any atom is -0.411 e. The van der Waals surface area contributed by atoms with Crippen LogP contribution in [0.3, 0.4) is 0 Å². The number of fused-ring (bicyclic) bond motifs is 1. The van der Waals surface area contributed by atoms with Gasteiger partial charge in [-0.1, -0.05) is 17.8 Å². The standard InChI is InChI=1S/C18H16N4OS/c1-11-12(2)20-16-6-5-14(8-15(11)16)17-21-22-18(23-17)24-10-13-4-3-7-19-9-13/h3-9,20H,10H2,1-2H3. The van der Waals surface area contributed by atoms with Crippen LogP contribution in [-0.2, 0) is 5.75 Å². The highest BCUT2D eigenvalue weighted by molar-refractivity contribution is 7.98. The summed E-state index contributed by atoms with van der Waals surface area (Å²) < 4.78 is 5.80. The van der Waals surface area contributed by atoms with Gasteiger partial charge in [0.15, 0.2) is 0 Å². The van der Waals surface area contributed by atoms with E-state index in [0.29, 0.717) is 11.1 Å². The molecule has 0 aliphatic rings. The zero-order valence-electron chi connectivity index (χ0n) is 13.4. The Kier molecular flexibility index (Phi) is 3.82. The molecule has 1 N–H and O–H groups in total. The molecule has 0 saturated heterocycles. The van der Waals surface area contributed by atoms with Crippen LogP contribution < -0.4 is 0 Å². The van der Waals surface area contributed by atoms with Crippen molar-refractivity contribution in [3.05, 3.63) is 59.5 Å². The molecule has 6 heteroatoms. The summed E-state index contributed by atoms with van der Waals surface area (Å²) in [6.07, 6.45) is 3.61. The quantitative estimate of drug-likeness (QED) is 0.555. The molecular weight excluding hydrogens is 320 g/mol. The second-order valence-electron chi connectivity index (χ2n) is 5.66. The highest BCUT2D eigenvalue weighted by Crippen LogP contribution is 2.29. The number of nitrogens with one attached hydrogen (secondary N) is 1. The van der Waals surface area contributed by atoms with E-state index in [0.717, 1.165) is 22.4 Å². The molecule has 4 aromatic rings. The predicted molar refractivity (Wildman–Crippen MR) is 94.9 cm³/mol. The number of nitrogens with zero attached hydrogens (tertiary/aromatic N) is 3. The van der Waals surface area contributed by atoms with Crippen molar-refractivity contribution in [3.63, 3.8) is 0 Å². The van der Waals surface area contributed by atoms with Crippen molar-refractivity contribution in [3.8, 4) is 11.5 Å². The van der Waals surface area contributed by atoms with Gasteiger partial charge in [-0.05, 0) is 49.2 Å². The summed E-state index contributed by atoms with van der Waals surface area (Å²) in [5.74, 6) is 1.30. The lowest BCUT2D eigenvalue weighted by Gasteiger charge is -1.97. The summed E-state index contributed by atoms with van der Waals surface area (Å²) in [6.45, 7) is 4.19. The molecule has 4 rings (SSSR count). The van der Waals surface area contributed by atoms with Crippen molar-refractivity contribution in [2.24, 2.45) is 0 Å². The second-order valence-corrected chi connectivity index (χ2v) is 6.59. The molecule has 0 radical (unpaired) electrons. The Morgan fingerprint density at radius 3 is 2.92 bits per heavy atom. The molecule has 120 valence electrons. The molecule has 3 aromatic heterocycles. The van der Waals surface area contributed by atoms with Crippen LogP contribution in [0.1, 0.15) is 16.8 Å². The van der Waals surface area contributed by atoms with E-state index in [2.05, 4.69) is 46.1 Å². The average Bonchev–Trinajstić information content (AvgIpc) is 3.19. The van der Waals surface area contributed by atoms with E-state index < -0.39 is 0 Å². The number of pyridine rings is 1. The molecule has 0 aliphatic carbocycles. The molecule has 0 fully saturated rings. The predicted octanol–water partition coefficient (Wildman–Crippen LogP) is 4.52. The smallest absolute Gasteiger partial charge is 0.277 e. The van der Waals surface area contributed by atoms with E-state index in [-0.39, 0.29) is 0 Å². The summed E-state index contributed by atoms with van der Waals surface area (Å²) in [5, 5.41) is 10.1. The van der Waals surface area contributed by atoms with Gasteiger partial charge in [0.25, 0.3) is 5.22 Å². The minimum atomic E-state index is 0.545. The highest BCUT2D eigenvalue weighted by Gasteiger charge is 2.12. The Morgan fingerprint density at radius 2 is 2.08 bits per heavy atom. The Morgan fingerprint density at radius 1 is 1.17 bits per heavy atom. The third-order valence-corrected chi connectivity index (χ3v) is 4.94. The van der Waals surface area contributed by atoms with Crippen molar-refractivity contribution >= 4 is 22.7 Å². The third kappa shape index (κ3) is 2.80. The van der Waals surface area contributed by atoms with Crippen LogP contribution in [0.25, 0.3) is 22.4 Å². The van der Waals surface area contributed by atoms with Gasteiger partial charge in [-0.3, -0.25) is 4.98 Å². The Bertz CT molecular complexity index is 991. The number of hydrogen-bond acceptors (Lipinski definition) is 5. The van der Waals surface area contributed by atoms with Gasteiger partial charge in [-0.15, -0.1) is 10.2 Å². The van der Waals surface area contributed by atoms with Gasteiger partial charge < -0.3 is 9.40 Å². The number of H-pyrrole nitrogens is 1. The minimum absolute atomic E-state index is 0.545. The summed E-state index contributed by atoms with van der Waals surface area (Å²) in [7, 11) is 0. The molecule has 0 saturated carbocycles. The maximum atomic E-state index is 5.80. The Labute approximate surface area is 143 Å². The average molecular weight is 336 g/mol. The lowest BCUT2D eigenvalue weighted by Crippen LogP contribution is -1.81. The lowest BCUT2D eigenvalue weighted by atomic mass is 10.1. The number of aromatic amines is 1. The van der Waals surface area contributed by atoms with Gasteiger partial charge in [-0.2, -0.15) is 0 Å². The molecule has 0 unspecified atom stereocenters. The zero-order chi connectivity index (χ0) is 16.5. The fourth-order valence-corrected chi connectivity index (χ4v) is 3.30. The number of rotatable bonds is 4. The fourth-order valence-electron chi connectivity index (χ4n) is 2.61. The molecule has 0 spiro atoms. The Hall–Kier alpha value is -2.60. The molecule has 24 heavy (non-hydrogen) atoms. The van der Waals surface area contributed by atoms with E-state index >= 15 is 0 Å². The summed E-state index contributed by atoms with van der Waals surface area (Å²) >= 11 is 1.51. The van der Waals surface area contributed by atoms with Crippen LogP contribution in [0.4, 0.5) is 0 Å². The van der Waals surface area contributed by atoms with Crippen molar-refractivity contribution < 1.29 is 4.42 Å². The first-order valence-corrected chi connectivity index (χ1v) is 8.64. The van der Waals surface area contributed by atoms with Crippen molar-refractivity contribution in [2.45, 2.75) is 24.8 Å². The van der Waals surface area contributed by atoms with Crippen LogP contribution in [0.2, 0.25) is 0 Å². The van der Waals surface area contributed by atoms with Crippen LogP contribution >= 0.6 is 11.8 Å². The first-order chi connectivity index (χ1) is 11.7. The number of thioether (sulfide) groups is 1. The summed E-state index contributed by atoms with van der Waals surface area (Å²) in [4.78, 5) is 7.48. The van der Waals surface area contributed by atoms with Gasteiger partial charge in [0, 0.05) is 40.3 Å². The SMILES string of the molecule is Cc1[nH]c2ccc(-c3nnc(SCc4cccnc4)o3)cc2c1C. The van der Waals surface area contributed by atoms with Crippen LogP contribution in [0, 0.1) is 13.8 Å². The van der Waals surface area contributed by atoms with Crippen molar-refractivity contribution in [1.82, 2.24) is 20.2 Å². The largest absolute Gasteiger partial charge is 0.411 e. The monoisotopic (exact) mass is 336 g/mol. The van der Waals surface area contributed by atoms with E-state index in [1.165, 1.54) is 28.4 Å². The molecule has 0 bridgehead atoms. The summed E-state index contributed by atoms with van der Waals surface area (Å²) in [5.41, 5.74) is 5.62. The number of aromatic nitrogens is 4. The second kappa shape index (κ2) is 6.13. The van der Waals surface area contributed by atoms with Gasteiger partial charge >= 0.3 is 0 Å². The zero-order valence-corrected chi connectivity index (χ0v) is 14.2. The molecule has 0 aliphatic heterocycles.